The van der Waals surface area contributed by atoms with Crippen LogP contribution in [-0.2, 0) is 16.6 Å². The van der Waals surface area contributed by atoms with Crippen LogP contribution in [0.25, 0.3) is 0 Å². The summed E-state index contributed by atoms with van der Waals surface area (Å²) in [6.45, 7) is 5.45. The molecule has 2 rings (SSSR count). The number of likely N-dealkylation sites (tertiary alicyclic amines) is 1. The van der Waals surface area contributed by atoms with Crippen LogP contribution >= 0.6 is 0 Å². The molecule has 1 heterocycles. The van der Waals surface area contributed by atoms with Gasteiger partial charge in [-0.25, -0.2) is 17.5 Å². The Morgan fingerprint density at radius 3 is 2.81 bits per heavy atom. The SMILES string of the molecule is CCN1CCC(CNS(=O)(=O)c2ccc(CN)cc2F)C1. The van der Waals surface area contributed by atoms with E-state index in [0.717, 1.165) is 26.1 Å². The van der Waals surface area contributed by atoms with Crippen LogP contribution < -0.4 is 10.5 Å². The summed E-state index contributed by atoms with van der Waals surface area (Å²) in [5, 5.41) is 0. The number of nitrogens with two attached hydrogens (primary N) is 1. The molecule has 1 aromatic carbocycles. The van der Waals surface area contributed by atoms with Crippen LogP contribution in [0.5, 0.6) is 0 Å². The maximum atomic E-state index is 13.9. The number of hydrogen-bond acceptors (Lipinski definition) is 4. The number of nitrogens with zero attached hydrogens (tertiary/aromatic N) is 1. The zero-order chi connectivity index (χ0) is 15.5. The van der Waals surface area contributed by atoms with Gasteiger partial charge in [-0.15, -0.1) is 0 Å². The van der Waals surface area contributed by atoms with Crippen LogP contribution in [-0.4, -0.2) is 39.5 Å². The fourth-order valence-corrected chi connectivity index (χ4v) is 3.73. The summed E-state index contributed by atoms with van der Waals surface area (Å²) in [6.07, 6.45) is 0.963. The molecule has 0 aromatic heterocycles. The van der Waals surface area contributed by atoms with Gasteiger partial charge >= 0.3 is 0 Å². The van der Waals surface area contributed by atoms with Gasteiger partial charge in [0.2, 0.25) is 10.0 Å². The van der Waals surface area contributed by atoms with Crippen LogP contribution in [0, 0.1) is 11.7 Å². The van der Waals surface area contributed by atoms with Crippen LogP contribution in [0.1, 0.15) is 18.9 Å². The summed E-state index contributed by atoms with van der Waals surface area (Å²) >= 11 is 0. The fourth-order valence-electron chi connectivity index (χ4n) is 2.56. The number of sulfonamides is 1. The predicted octanol–water partition coefficient (Wildman–Crippen LogP) is 0.904. The van der Waals surface area contributed by atoms with Gasteiger partial charge in [-0.2, -0.15) is 0 Å². The molecule has 5 nitrogen and oxygen atoms in total. The molecule has 1 aromatic rings. The monoisotopic (exact) mass is 315 g/mol. The lowest BCUT2D eigenvalue weighted by Gasteiger charge is -2.14. The second-order valence-corrected chi connectivity index (χ2v) is 7.10. The maximum absolute atomic E-state index is 13.9. The minimum absolute atomic E-state index is 0.180. The largest absolute Gasteiger partial charge is 0.326 e. The number of rotatable bonds is 6. The molecular formula is C14H22FN3O2S. The van der Waals surface area contributed by atoms with E-state index in [1.807, 2.05) is 0 Å². The molecule has 0 radical (unpaired) electrons. The van der Waals surface area contributed by atoms with Crippen molar-refractivity contribution in [3.05, 3.63) is 29.6 Å². The molecule has 1 unspecified atom stereocenters. The summed E-state index contributed by atoms with van der Waals surface area (Å²) in [4.78, 5) is 1.96. The van der Waals surface area contributed by atoms with Gasteiger partial charge in [-0.3, -0.25) is 0 Å². The van der Waals surface area contributed by atoms with Crippen LogP contribution in [0.4, 0.5) is 4.39 Å². The first-order valence-electron chi connectivity index (χ1n) is 7.16. The number of benzene rings is 1. The Kier molecular flexibility index (Phi) is 5.32. The van der Waals surface area contributed by atoms with E-state index < -0.39 is 15.8 Å². The van der Waals surface area contributed by atoms with E-state index in [2.05, 4.69) is 16.5 Å². The van der Waals surface area contributed by atoms with E-state index in [1.54, 1.807) is 0 Å². The highest BCUT2D eigenvalue weighted by atomic mass is 32.2. The average Bonchev–Trinajstić information content (AvgIpc) is 2.93. The van der Waals surface area contributed by atoms with Gasteiger partial charge in [0.1, 0.15) is 10.7 Å². The Hall–Kier alpha value is -1.02. The molecule has 0 amide bonds. The quantitative estimate of drug-likeness (QED) is 0.818. The number of nitrogens with one attached hydrogen (secondary N) is 1. The van der Waals surface area contributed by atoms with Crippen molar-refractivity contribution in [3.8, 4) is 0 Å². The molecule has 118 valence electrons. The first-order valence-corrected chi connectivity index (χ1v) is 8.65. The van der Waals surface area contributed by atoms with Crippen molar-refractivity contribution >= 4 is 10.0 Å². The average molecular weight is 315 g/mol. The molecule has 7 heteroatoms. The summed E-state index contributed by atoms with van der Waals surface area (Å²) < 4.78 is 40.7. The molecule has 1 aliphatic rings. The molecule has 0 aliphatic carbocycles. The lowest BCUT2D eigenvalue weighted by atomic mass is 10.1. The first-order chi connectivity index (χ1) is 9.96. The van der Waals surface area contributed by atoms with Crippen LogP contribution in [0.3, 0.4) is 0 Å². The minimum atomic E-state index is -3.81. The van der Waals surface area contributed by atoms with Crippen molar-refractivity contribution in [2.75, 3.05) is 26.2 Å². The second kappa shape index (κ2) is 6.83. The smallest absolute Gasteiger partial charge is 0.243 e. The lowest BCUT2D eigenvalue weighted by molar-refractivity contribution is 0.342. The van der Waals surface area contributed by atoms with Crippen molar-refractivity contribution in [3.63, 3.8) is 0 Å². The molecule has 1 aliphatic heterocycles. The third-order valence-corrected chi connectivity index (χ3v) is 5.36. The number of hydrogen-bond donors (Lipinski definition) is 2. The standard InChI is InChI=1S/C14H22FN3O2S/c1-2-18-6-5-12(10-18)9-17-21(19,20)14-4-3-11(8-16)7-13(14)15/h3-4,7,12,17H,2,5-6,8-10,16H2,1H3. The maximum Gasteiger partial charge on any atom is 0.243 e. The van der Waals surface area contributed by atoms with Gasteiger partial charge < -0.3 is 10.6 Å². The Balaban J connectivity index is 2.02. The van der Waals surface area contributed by atoms with Gasteiger partial charge in [0, 0.05) is 19.6 Å². The molecule has 0 bridgehead atoms. The molecule has 1 saturated heterocycles. The van der Waals surface area contributed by atoms with Gasteiger partial charge in [-0.1, -0.05) is 13.0 Å². The summed E-state index contributed by atoms with van der Waals surface area (Å²) in [7, 11) is -3.81. The Morgan fingerprint density at radius 1 is 1.48 bits per heavy atom. The van der Waals surface area contributed by atoms with Crippen LogP contribution in [0.15, 0.2) is 23.1 Å². The molecule has 1 fully saturated rings. The topological polar surface area (TPSA) is 75.4 Å². The van der Waals surface area contributed by atoms with Gasteiger partial charge in [0.15, 0.2) is 0 Å². The Morgan fingerprint density at radius 2 is 2.24 bits per heavy atom. The summed E-state index contributed by atoms with van der Waals surface area (Å²) in [5.74, 6) is -0.474. The molecule has 21 heavy (non-hydrogen) atoms. The van der Waals surface area contributed by atoms with Gasteiger partial charge in [0.05, 0.1) is 0 Å². The molecule has 3 N–H and O–H groups in total. The van der Waals surface area contributed by atoms with E-state index in [9.17, 15) is 12.8 Å². The summed E-state index contributed by atoms with van der Waals surface area (Å²) in [6, 6.07) is 3.97. The van der Waals surface area contributed by atoms with E-state index in [0.29, 0.717) is 12.1 Å². The number of halogens is 1. The molecule has 0 saturated carbocycles. The van der Waals surface area contributed by atoms with Crippen molar-refractivity contribution in [1.29, 1.82) is 0 Å². The van der Waals surface area contributed by atoms with Crippen molar-refractivity contribution < 1.29 is 12.8 Å². The highest BCUT2D eigenvalue weighted by Crippen LogP contribution is 2.18. The molecule has 1 atom stereocenters. The van der Waals surface area contributed by atoms with E-state index in [1.165, 1.54) is 18.2 Å². The van der Waals surface area contributed by atoms with Gasteiger partial charge in [0.25, 0.3) is 0 Å². The van der Waals surface area contributed by atoms with Crippen LogP contribution in [0.2, 0.25) is 0 Å². The summed E-state index contributed by atoms with van der Waals surface area (Å²) in [5.41, 5.74) is 5.98. The lowest BCUT2D eigenvalue weighted by Crippen LogP contribution is -2.31. The van der Waals surface area contributed by atoms with Crippen molar-refractivity contribution in [2.24, 2.45) is 11.7 Å². The highest BCUT2D eigenvalue weighted by molar-refractivity contribution is 7.89. The molecular weight excluding hydrogens is 293 g/mol. The van der Waals surface area contributed by atoms with E-state index in [-0.39, 0.29) is 17.4 Å². The highest BCUT2D eigenvalue weighted by Gasteiger charge is 2.25. The first kappa shape index (κ1) is 16.4. The Labute approximate surface area is 125 Å². The third kappa shape index (κ3) is 4.00. The van der Waals surface area contributed by atoms with E-state index >= 15 is 0 Å². The van der Waals surface area contributed by atoms with Gasteiger partial charge in [-0.05, 0) is 43.1 Å². The molecule has 0 spiro atoms. The van der Waals surface area contributed by atoms with Crippen molar-refractivity contribution in [1.82, 2.24) is 9.62 Å². The predicted molar refractivity (Wildman–Crippen MR) is 79.7 cm³/mol. The third-order valence-electron chi connectivity index (χ3n) is 3.90. The second-order valence-electron chi connectivity index (χ2n) is 5.37. The zero-order valence-electron chi connectivity index (χ0n) is 12.2. The Bertz CT molecular complexity index is 592. The van der Waals surface area contributed by atoms with Crippen molar-refractivity contribution in [2.45, 2.75) is 24.8 Å². The zero-order valence-corrected chi connectivity index (χ0v) is 13.0. The minimum Gasteiger partial charge on any atom is -0.326 e. The fraction of sp³-hybridized carbons (Fsp3) is 0.571. The normalized spacial score (nSPS) is 20.0. The van der Waals surface area contributed by atoms with E-state index in [4.69, 9.17) is 5.73 Å².